The van der Waals surface area contributed by atoms with Gasteiger partial charge in [0.2, 0.25) is 5.75 Å². The largest absolute Gasteiger partial charge is 0.489 e. The van der Waals surface area contributed by atoms with Crippen LogP contribution in [0, 0.1) is 10.1 Å². The van der Waals surface area contributed by atoms with Crippen LogP contribution in [-0.4, -0.2) is 56.1 Å². The minimum absolute atomic E-state index is 0.0430. The summed E-state index contributed by atoms with van der Waals surface area (Å²) in [5.74, 6) is 0.245. The minimum Gasteiger partial charge on any atom is -0.489 e. The highest BCUT2D eigenvalue weighted by molar-refractivity contribution is 6.34. The third kappa shape index (κ3) is 7.45. The predicted molar refractivity (Wildman–Crippen MR) is 117 cm³/mol. The molecule has 0 aromatic heterocycles. The lowest BCUT2D eigenvalue weighted by Crippen LogP contribution is -2.30. The van der Waals surface area contributed by atoms with Gasteiger partial charge in [0.1, 0.15) is 24.0 Å². The van der Waals surface area contributed by atoms with Gasteiger partial charge in [0.15, 0.2) is 12.6 Å². The van der Waals surface area contributed by atoms with Gasteiger partial charge in [0.25, 0.3) is 0 Å². The maximum atomic E-state index is 11.5. The average molecular weight is 474 g/mol. The van der Waals surface area contributed by atoms with Crippen molar-refractivity contribution in [1.29, 1.82) is 0 Å². The summed E-state index contributed by atoms with van der Waals surface area (Å²) in [5.41, 5.74) is -0.233. The Morgan fingerprint density at radius 3 is 2.06 bits per heavy atom. The highest BCUT2D eigenvalue weighted by Gasteiger charge is 2.25. The lowest BCUT2D eigenvalue weighted by Gasteiger charge is -2.26. The van der Waals surface area contributed by atoms with E-state index in [4.69, 9.17) is 40.0 Å². The van der Waals surface area contributed by atoms with Crippen molar-refractivity contribution in [3.63, 3.8) is 0 Å². The predicted octanol–water partition coefficient (Wildman–Crippen LogP) is 4.87. The van der Waals surface area contributed by atoms with Crippen LogP contribution in [0.3, 0.4) is 0 Å². The summed E-state index contributed by atoms with van der Waals surface area (Å²) in [6.07, 6.45) is 4.78. The third-order valence-electron chi connectivity index (χ3n) is 5.22. The van der Waals surface area contributed by atoms with Crippen molar-refractivity contribution in [2.45, 2.75) is 77.2 Å². The highest BCUT2D eigenvalue weighted by atomic mass is 35.5. The summed E-state index contributed by atoms with van der Waals surface area (Å²) in [6, 6.07) is 2.79. The van der Waals surface area contributed by atoms with Crippen molar-refractivity contribution in [2.24, 2.45) is 0 Å². The van der Waals surface area contributed by atoms with E-state index < -0.39 is 4.92 Å². The van der Waals surface area contributed by atoms with Crippen molar-refractivity contribution in [2.75, 3.05) is 26.4 Å². The Morgan fingerprint density at radius 1 is 1.00 bits per heavy atom. The smallest absolute Gasteiger partial charge is 0.312 e. The Bertz CT molecular complexity index is 737. The number of nitro benzene ring substituents is 1. The molecule has 2 aliphatic heterocycles. The van der Waals surface area contributed by atoms with Crippen LogP contribution in [0.25, 0.3) is 0 Å². The van der Waals surface area contributed by atoms with Crippen LogP contribution in [0.15, 0.2) is 12.1 Å². The molecule has 0 spiro atoms. The van der Waals surface area contributed by atoms with Gasteiger partial charge < -0.3 is 28.4 Å². The Morgan fingerprint density at radius 2 is 1.56 bits per heavy atom. The van der Waals surface area contributed by atoms with E-state index >= 15 is 0 Å². The molecular formula is C22H32ClNO8. The fraction of sp³-hybridized carbons (Fsp3) is 0.727. The van der Waals surface area contributed by atoms with Crippen LogP contribution in [-0.2, 0) is 18.9 Å². The van der Waals surface area contributed by atoms with E-state index in [1.807, 2.05) is 13.8 Å². The van der Waals surface area contributed by atoms with Gasteiger partial charge in [-0.1, -0.05) is 11.6 Å². The summed E-state index contributed by atoms with van der Waals surface area (Å²) >= 11 is 6.42. The molecule has 2 fully saturated rings. The van der Waals surface area contributed by atoms with Crippen LogP contribution < -0.4 is 9.47 Å². The van der Waals surface area contributed by atoms with Gasteiger partial charge in [-0.05, 0) is 58.4 Å². The van der Waals surface area contributed by atoms with Crippen LogP contribution in [0.4, 0.5) is 5.69 Å². The number of hydrogen-bond donors (Lipinski definition) is 0. The van der Waals surface area contributed by atoms with Crippen LogP contribution in [0.2, 0.25) is 5.02 Å². The SMILES string of the molecule is CC(COc1ccc([N+](=O)[O-])c(OCC(C)O[C@H]2CCCCO2)c1Cl)O[C@H]1CCCCO1. The maximum absolute atomic E-state index is 11.5. The van der Waals surface area contributed by atoms with E-state index in [2.05, 4.69) is 0 Å². The molecule has 0 radical (unpaired) electrons. The summed E-state index contributed by atoms with van der Waals surface area (Å²) < 4.78 is 34.3. The monoisotopic (exact) mass is 473 g/mol. The number of nitro groups is 1. The second kappa shape index (κ2) is 12.6. The molecule has 10 heteroatoms. The molecule has 0 amide bonds. The van der Waals surface area contributed by atoms with Crippen molar-refractivity contribution >= 4 is 17.3 Å². The molecular weight excluding hydrogens is 442 g/mol. The summed E-state index contributed by atoms with van der Waals surface area (Å²) in [7, 11) is 0. The van der Waals surface area contributed by atoms with Gasteiger partial charge in [-0.25, -0.2) is 0 Å². The van der Waals surface area contributed by atoms with Crippen LogP contribution >= 0.6 is 11.6 Å². The normalized spacial score (nSPS) is 23.3. The minimum atomic E-state index is -0.535. The van der Waals surface area contributed by atoms with Gasteiger partial charge in [0.05, 0.1) is 17.1 Å². The molecule has 9 nitrogen and oxygen atoms in total. The molecule has 0 saturated carbocycles. The number of nitrogens with zero attached hydrogens (tertiary/aromatic N) is 1. The number of benzene rings is 1. The van der Waals surface area contributed by atoms with Gasteiger partial charge >= 0.3 is 5.69 Å². The van der Waals surface area contributed by atoms with Gasteiger partial charge in [-0.2, -0.15) is 0 Å². The molecule has 0 N–H and O–H groups in total. The molecule has 2 unspecified atom stereocenters. The first-order chi connectivity index (χ1) is 15.4. The summed E-state index contributed by atoms with van der Waals surface area (Å²) in [4.78, 5) is 10.9. The Hall–Kier alpha value is -1.65. The molecule has 2 aliphatic rings. The number of halogens is 1. The molecule has 2 heterocycles. The fourth-order valence-electron chi connectivity index (χ4n) is 3.56. The zero-order valence-electron chi connectivity index (χ0n) is 18.6. The highest BCUT2D eigenvalue weighted by Crippen LogP contribution is 2.41. The Labute approximate surface area is 193 Å². The first-order valence-corrected chi connectivity index (χ1v) is 11.6. The zero-order valence-corrected chi connectivity index (χ0v) is 19.4. The third-order valence-corrected chi connectivity index (χ3v) is 5.58. The van der Waals surface area contributed by atoms with E-state index in [1.165, 1.54) is 12.1 Å². The zero-order chi connectivity index (χ0) is 22.9. The number of rotatable bonds is 11. The lowest BCUT2D eigenvalue weighted by atomic mass is 10.2. The topological polar surface area (TPSA) is 98.5 Å². The van der Waals surface area contributed by atoms with Crippen molar-refractivity contribution in [3.8, 4) is 11.5 Å². The van der Waals surface area contributed by atoms with Gasteiger partial charge in [-0.3, -0.25) is 10.1 Å². The molecule has 0 aliphatic carbocycles. The standard InChI is InChI=1S/C22H32ClNO8/c1-15(31-19-7-3-5-11-27-19)13-29-18-10-9-17(24(25)26)22(21(18)23)30-14-16(2)32-20-8-4-6-12-28-20/h9-10,15-16,19-20H,3-8,11-14H2,1-2H3/t15?,16?,19-,20-/m0/s1. The van der Waals surface area contributed by atoms with E-state index in [0.717, 1.165) is 38.5 Å². The van der Waals surface area contributed by atoms with Crippen LogP contribution in [0.5, 0.6) is 11.5 Å². The molecule has 0 bridgehead atoms. The molecule has 3 rings (SSSR count). The van der Waals surface area contributed by atoms with E-state index in [-0.39, 0.29) is 60.2 Å². The van der Waals surface area contributed by atoms with Crippen LogP contribution in [0.1, 0.15) is 52.4 Å². The first kappa shape index (κ1) is 25.0. The van der Waals surface area contributed by atoms with E-state index in [9.17, 15) is 10.1 Å². The molecule has 1 aromatic carbocycles. The van der Waals surface area contributed by atoms with Crippen molar-refractivity contribution < 1.29 is 33.3 Å². The van der Waals surface area contributed by atoms with Crippen molar-refractivity contribution in [3.05, 3.63) is 27.3 Å². The second-order valence-electron chi connectivity index (χ2n) is 8.09. The average Bonchev–Trinajstić information content (AvgIpc) is 2.78. The Kier molecular flexibility index (Phi) is 9.80. The molecule has 4 atom stereocenters. The quantitative estimate of drug-likeness (QED) is 0.331. The lowest BCUT2D eigenvalue weighted by molar-refractivity contribution is -0.386. The molecule has 32 heavy (non-hydrogen) atoms. The summed E-state index contributed by atoms with van der Waals surface area (Å²) in [6.45, 7) is 5.37. The maximum Gasteiger partial charge on any atom is 0.312 e. The first-order valence-electron chi connectivity index (χ1n) is 11.2. The van der Waals surface area contributed by atoms with Gasteiger partial charge in [0, 0.05) is 19.3 Å². The van der Waals surface area contributed by atoms with Crippen molar-refractivity contribution in [1.82, 2.24) is 0 Å². The second-order valence-corrected chi connectivity index (χ2v) is 8.47. The molecule has 1 aromatic rings. The van der Waals surface area contributed by atoms with E-state index in [1.54, 1.807) is 0 Å². The van der Waals surface area contributed by atoms with E-state index in [0.29, 0.717) is 13.2 Å². The van der Waals surface area contributed by atoms with Gasteiger partial charge in [-0.15, -0.1) is 0 Å². The summed E-state index contributed by atoms with van der Waals surface area (Å²) in [5, 5.41) is 11.5. The number of hydrogen-bond acceptors (Lipinski definition) is 8. The number of ether oxygens (including phenoxy) is 6. The molecule has 180 valence electrons. The molecule has 2 saturated heterocycles. The fourth-order valence-corrected chi connectivity index (χ4v) is 3.83. The Balaban J connectivity index is 1.57.